The predicted octanol–water partition coefficient (Wildman–Crippen LogP) is 2.24. The molecule has 0 spiro atoms. The van der Waals surface area contributed by atoms with E-state index in [1.807, 2.05) is 19.9 Å². The highest BCUT2D eigenvalue weighted by Crippen LogP contribution is 2.03. The van der Waals surface area contributed by atoms with Crippen molar-refractivity contribution < 1.29 is 0 Å². The molecule has 0 aliphatic heterocycles. The topological polar surface area (TPSA) is 12.0 Å². The average Bonchev–Trinajstić information content (AvgIpc) is 1.91. The molecule has 0 unspecified atom stereocenters. The van der Waals surface area contributed by atoms with Gasteiger partial charge in [0.05, 0.1) is 0 Å². The van der Waals surface area contributed by atoms with E-state index in [1.54, 1.807) is 6.08 Å². The van der Waals surface area contributed by atoms with Crippen LogP contribution in [0, 0.1) is 0 Å². The smallest absolute Gasteiger partial charge is 0.0337 e. The van der Waals surface area contributed by atoms with Crippen molar-refractivity contribution in [2.45, 2.75) is 13.8 Å². The van der Waals surface area contributed by atoms with E-state index in [4.69, 9.17) is 0 Å². The number of allylic oxidation sites excluding steroid dienone is 2. The summed E-state index contributed by atoms with van der Waals surface area (Å²) >= 11 is 0. The number of hydrogen-bond donors (Lipinski definition) is 1. The number of nitrogens with one attached hydrogen (secondary N) is 1. The molecular weight excluding hydrogens is 122 g/mol. The summed E-state index contributed by atoms with van der Waals surface area (Å²) in [5.41, 5.74) is 2.02. The molecule has 56 valence electrons. The first-order valence-electron chi connectivity index (χ1n) is 3.48. The summed E-state index contributed by atoms with van der Waals surface area (Å²) in [4.78, 5) is 0. The van der Waals surface area contributed by atoms with Crippen molar-refractivity contribution in [1.82, 2.24) is 5.32 Å². The van der Waals surface area contributed by atoms with Crippen LogP contribution < -0.4 is 5.32 Å². The monoisotopic (exact) mass is 137 g/mol. The fraction of sp³-hybridized carbons (Fsp3) is 0.333. The van der Waals surface area contributed by atoms with Gasteiger partial charge in [-0.05, 0) is 19.4 Å². The Morgan fingerprint density at radius 3 is 2.50 bits per heavy atom. The molecule has 0 aliphatic carbocycles. The van der Waals surface area contributed by atoms with E-state index in [0.29, 0.717) is 0 Å². The van der Waals surface area contributed by atoms with E-state index in [1.165, 1.54) is 0 Å². The Balaban J connectivity index is 4.04. The maximum Gasteiger partial charge on any atom is 0.0337 e. The lowest BCUT2D eigenvalue weighted by Gasteiger charge is -2.06. The third-order valence-corrected chi connectivity index (χ3v) is 1.27. The predicted molar refractivity (Wildman–Crippen MR) is 46.8 cm³/mol. The molecule has 1 N–H and O–H groups in total. The molecule has 0 atom stereocenters. The van der Waals surface area contributed by atoms with Gasteiger partial charge in [-0.1, -0.05) is 25.3 Å². The lowest BCUT2D eigenvalue weighted by atomic mass is 10.2. The Hall–Kier alpha value is -0.980. The van der Waals surface area contributed by atoms with Crippen LogP contribution in [0.4, 0.5) is 0 Å². The Morgan fingerprint density at radius 1 is 1.60 bits per heavy atom. The van der Waals surface area contributed by atoms with Crippen molar-refractivity contribution in [3.8, 4) is 0 Å². The van der Waals surface area contributed by atoms with Gasteiger partial charge < -0.3 is 5.32 Å². The van der Waals surface area contributed by atoms with Gasteiger partial charge in [0.15, 0.2) is 0 Å². The molecular formula is C9H15N. The van der Waals surface area contributed by atoms with E-state index < -0.39 is 0 Å². The normalized spacial score (nSPS) is 10.8. The number of rotatable bonds is 4. The van der Waals surface area contributed by atoms with Gasteiger partial charge in [0.25, 0.3) is 0 Å². The summed E-state index contributed by atoms with van der Waals surface area (Å²) < 4.78 is 0. The van der Waals surface area contributed by atoms with Crippen LogP contribution in [0.5, 0.6) is 0 Å². The average molecular weight is 137 g/mol. The minimum atomic E-state index is 0.907. The van der Waals surface area contributed by atoms with Gasteiger partial charge in [0, 0.05) is 12.2 Å². The lowest BCUT2D eigenvalue weighted by molar-refractivity contribution is 0.872. The third kappa shape index (κ3) is 2.53. The molecule has 0 radical (unpaired) electrons. The summed E-state index contributed by atoms with van der Waals surface area (Å²) in [5, 5.41) is 3.11. The van der Waals surface area contributed by atoms with Gasteiger partial charge >= 0.3 is 0 Å². The van der Waals surface area contributed by atoms with Crippen molar-refractivity contribution in [3.63, 3.8) is 0 Å². The molecule has 1 nitrogen and oxygen atoms in total. The van der Waals surface area contributed by atoms with Crippen LogP contribution in [-0.4, -0.2) is 6.54 Å². The van der Waals surface area contributed by atoms with Crippen molar-refractivity contribution >= 4 is 0 Å². The number of hydrogen-bond acceptors (Lipinski definition) is 1. The van der Waals surface area contributed by atoms with Gasteiger partial charge in [0.1, 0.15) is 0 Å². The third-order valence-electron chi connectivity index (χ3n) is 1.27. The number of likely N-dealkylation sites (N-methyl/N-ethyl adjacent to an activating group) is 1. The molecule has 0 heterocycles. The second-order valence-electron chi connectivity index (χ2n) is 1.96. The molecule has 10 heavy (non-hydrogen) atoms. The molecule has 0 aliphatic rings. The van der Waals surface area contributed by atoms with Crippen molar-refractivity contribution in [1.29, 1.82) is 0 Å². The molecule has 0 rings (SSSR count). The van der Waals surface area contributed by atoms with Crippen LogP contribution in [0.3, 0.4) is 0 Å². The highest BCUT2D eigenvalue weighted by molar-refractivity contribution is 5.34. The van der Waals surface area contributed by atoms with Crippen LogP contribution in [0.25, 0.3) is 0 Å². The fourth-order valence-electron chi connectivity index (χ4n) is 0.731. The molecule has 0 fully saturated rings. The molecule has 0 saturated carbocycles. The van der Waals surface area contributed by atoms with Gasteiger partial charge in [0.2, 0.25) is 0 Å². The molecule has 0 aromatic heterocycles. The van der Waals surface area contributed by atoms with E-state index in [2.05, 4.69) is 18.5 Å². The first-order chi connectivity index (χ1) is 4.76. The lowest BCUT2D eigenvalue weighted by Crippen LogP contribution is -2.11. The van der Waals surface area contributed by atoms with E-state index in [9.17, 15) is 0 Å². The quantitative estimate of drug-likeness (QED) is 0.586. The summed E-state index contributed by atoms with van der Waals surface area (Å²) in [6.45, 7) is 12.4. The van der Waals surface area contributed by atoms with Gasteiger partial charge in [-0.3, -0.25) is 0 Å². The first kappa shape index (κ1) is 9.02. The summed E-state index contributed by atoms with van der Waals surface area (Å²) in [7, 11) is 0. The SMILES string of the molecule is C=C/C(=C\C)C(=C)NCC. The van der Waals surface area contributed by atoms with Crippen LogP contribution in [0.2, 0.25) is 0 Å². The van der Waals surface area contributed by atoms with Crippen LogP contribution in [0.15, 0.2) is 36.6 Å². The Kier molecular flexibility index (Phi) is 4.38. The standard InChI is InChI=1S/C9H15N/c1-5-9(6-2)8(4)10-7-3/h5-6,10H,1,4,7H2,2-3H3/b9-6+. The zero-order valence-corrected chi connectivity index (χ0v) is 6.78. The second kappa shape index (κ2) is 4.86. The minimum Gasteiger partial charge on any atom is -0.385 e. The van der Waals surface area contributed by atoms with E-state index in [-0.39, 0.29) is 0 Å². The maximum atomic E-state index is 3.84. The van der Waals surface area contributed by atoms with Crippen LogP contribution >= 0.6 is 0 Å². The Labute approximate surface area is 63.1 Å². The molecule has 0 aromatic carbocycles. The van der Waals surface area contributed by atoms with Crippen LogP contribution in [0.1, 0.15) is 13.8 Å². The maximum absolute atomic E-state index is 3.84. The highest BCUT2D eigenvalue weighted by atomic mass is 14.9. The summed E-state index contributed by atoms with van der Waals surface area (Å²) in [5.74, 6) is 0. The molecule has 0 amide bonds. The van der Waals surface area contributed by atoms with Gasteiger partial charge in [-0.2, -0.15) is 0 Å². The van der Waals surface area contributed by atoms with Crippen molar-refractivity contribution in [2.75, 3.05) is 6.54 Å². The van der Waals surface area contributed by atoms with Crippen LogP contribution in [-0.2, 0) is 0 Å². The van der Waals surface area contributed by atoms with Gasteiger partial charge in [-0.25, -0.2) is 0 Å². The first-order valence-corrected chi connectivity index (χ1v) is 3.48. The molecule has 0 saturated heterocycles. The Morgan fingerprint density at radius 2 is 2.20 bits per heavy atom. The largest absolute Gasteiger partial charge is 0.385 e. The van der Waals surface area contributed by atoms with Gasteiger partial charge in [-0.15, -0.1) is 0 Å². The fourth-order valence-corrected chi connectivity index (χ4v) is 0.731. The Bertz CT molecular complexity index is 154. The summed E-state index contributed by atoms with van der Waals surface area (Å²) in [6.07, 6.45) is 3.78. The van der Waals surface area contributed by atoms with Crippen molar-refractivity contribution in [3.05, 3.63) is 36.6 Å². The van der Waals surface area contributed by atoms with E-state index >= 15 is 0 Å². The minimum absolute atomic E-state index is 0.907. The highest BCUT2D eigenvalue weighted by Gasteiger charge is 1.92. The molecule has 0 aromatic rings. The molecule has 0 bridgehead atoms. The van der Waals surface area contributed by atoms with E-state index in [0.717, 1.165) is 17.8 Å². The summed E-state index contributed by atoms with van der Waals surface area (Å²) in [6, 6.07) is 0. The zero-order chi connectivity index (χ0) is 7.98. The molecule has 1 heteroatoms. The second-order valence-corrected chi connectivity index (χ2v) is 1.96. The van der Waals surface area contributed by atoms with Crippen molar-refractivity contribution in [2.24, 2.45) is 0 Å². The zero-order valence-electron chi connectivity index (χ0n) is 6.78.